The molecule has 0 aliphatic carbocycles. The van der Waals surface area contributed by atoms with E-state index >= 15 is 0 Å². The Labute approximate surface area is 116 Å². The van der Waals surface area contributed by atoms with E-state index in [1.807, 2.05) is 0 Å². The summed E-state index contributed by atoms with van der Waals surface area (Å²) < 4.78 is 2.38. The first-order valence-electron chi connectivity index (χ1n) is 7.38. The van der Waals surface area contributed by atoms with Crippen LogP contribution in [0.15, 0.2) is 24.4 Å². The molecule has 19 heavy (non-hydrogen) atoms. The van der Waals surface area contributed by atoms with Gasteiger partial charge in [-0.25, -0.2) is 0 Å². The Balaban J connectivity index is 2.55. The number of hydrogen-bond acceptors (Lipinski definition) is 1. The summed E-state index contributed by atoms with van der Waals surface area (Å²) in [7, 11) is 0. The molecule has 0 fully saturated rings. The SMILES string of the molecule is CC(C)c1ccc2c(c1)c(CCCN)cn2C(C)C. The number of rotatable bonds is 5. The monoisotopic (exact) mass is 258 g/mol. The van der Waals surface area contributed by atoms with Crippen LogP contribution in [0, 0.1) is 0 Å². The van der Waals surface area contributed by atoms with Gasteiger partial charge in [0.15, 0.2) is 0 Å². The van der Waals surface area contributed by atoms with Gasteiger partial charge in [-0.05, 0) is 62.4 Å². The van der Waals surface area contributed by atoms with Crippen LogP contribution in [-0.4, -0.2) is 11.1 Å². The van der Waals surface area contributed by atoms with Crippen molar-refractivity contribution in [2.75, 3.05) is 6.54 Å². The Hall–Kier alpha value is -1.28. The molecule has 0 bridgehead atoms. The number of nitrogens with two attached hydrogens (primary N) is 1. The van der Waals surface area contributed by atoms with Crippen LogP contribution < -0.4 is 5.73 Å². The smallest absolute Gasteiger partial charge is 0.0485 e. The van der Waals surface area contributed by atoms with Crippen molar-refractivity contribution in [2.24, 2.45) is 5.73 Å². The second kappa shape index (κ2) is 5.79. The first-order valence-corrected chi connectivity index (χ1v) is 7.38. The molecule has 0 saturated heterocycles. The molecule has 0 amide bonds. The molecule has 0 saturated carbocycles. The molecule has 104 valence electrons. The number of fused-ring (bicyclic) bond motifs is 1. The normalized spacial score (nSPS) is 11.9. The van der Waals surface area contributed by atoms with Gasteiger partial charge in [0, 0.05) is 23.1 Å². The maximum atomic E-state index is 5.66. The molecule has 2 nitrogen and oxygen atoms in total. The fourth-order valence-corrected chi connectivity index (χ4v) is 2.62. The van der Waals surface area contributed by atoms with Crippen LogP contribution in [0.25, 0.3) is 10.9 Å². The van der Waals surface area contributed by atoms with Crippen molar-refractivity contribution in [1.82, 2.24) is 4.57 Å². The number of aryl methyl sites for hydroxylation is 1. The van der Waals surface area contributed by atoms with Crippen LogP contribution in [0.1, 0.15) is 57.2 Å². The third kappa shape index (κ3) is 2.84. The molecule has 1 aromatic carbocycles. The highest BCUT2D eigenvalue weighted by molar-refractivity contribution is 5.85. The largest absolute Gasteiger partial charge is 0.345 e. The van der Waals surface area contributed by atoms with Crippen LogP contribution >= 0.6 is 0 Å². The van der Waals surface area contributed by atoms with E-state index < -0.39 is 0 Å². The molecule has 2 heteroatoms. The van der Waals surface area contributed by atoms with Crippen molar-refractivity contribution in [2.45, 2.75) is 52.5 Å². The Morgan fingerprint density at radius 1 is 1.16 bits per heavy atom. The van der Waals surface area contributed by atoms with E-state index in [0.29, 0.717) is 12.0 Å². The van der Waals surface area contributed by atoms with Crippen molar-refractivity contribution in [3.8, 4) is 0 Å². The number of nitrogens with zero attached hydrogens (tertiary/aromatic N) is 1. The zero-order valence-electron chi connectivity index (χ0n) is 12.6. The van der Waals surface area contributed by atoms with Crippen molar-refractivity contribution >= 4 is 10.9 Å². The average molecular weight is 258 g/mol. The summed E-state index contributed by atoms with van der Waals surface area (Å²) in [4.78, 5) is 0. The standard InChI is InChI=1S/C17H26N2/c1-12(2)14-7-8-17-16(10-14)15(6-5-9-18)11-19(17)13(3)4/h7-8,10-13H,5-6,9,18H2,1-4H3. The lowest BCUT2D eigenvalue weighted by molar-refractivity contribution is 0.620. The highest BCUT2D eigenvalue weighted by atomic mass is 15.0. The molecule has 0 aliphatic rings. The van der Waals surface area contributed by atoms with Crippen molar-refractivity contribution < 1.29 is 0 Å². The summed E-state index contributed by atoms with van der Waals surface area (Å²) in [6.45, 7) is 9.74. The van der Waals surface area contributed by atoms with Crippen LogP contribution in [0.4, 0.5) is 0 Å². The van der Waals surface area contributed by atoms with Gasteiger partial charge in [0.05, 0.1) is 0 Å². The minimum Gasteiger partial charge on any atom is -0.345 e. The van der Waals surface area contributed by atoms with E-state index in [-0.39, 0.29) is 0 Å². The molecular weight excluding hydrogens is 232 g/mol. The lowest BCUT2D eigenvalue weighted by Gasteiger charge is -2.10. The van der Waals surface area contributed by atoms with Crippen molar-refractivity contribution in [3.63, 3.8) is 0 Å². The predicted octanol–water partition coefficient (Wildman–Crippen LogP) is 4.24. The van der Waals surface area contributed by atoms with Gasteiger partial charge < -0.3 is 10.3 Å². The molecule has 1 heterocycles. The first kappa shape index (κ1) is 14.1. The summed E-state index contributed by atoms with van der Waals surface area (Å²) >= 11 is 0. The van der Waals surface area contributed by atoms with Crippen LogP contribution in [-0.2, 0) is 6.42 Å². The minimum atomic E-state index is 0.499. The highest BCUT2D eigenvalue weighted by Gasteiger charge is 2.11. The van der Waals surface area contributed by atoms with Gasteiger partial charge in [0.1, 0.15) is 0 Å². The van der Waals surface area contributed by atoms with E-state index in [9.17, 15) is 0 Å². The summed E-state index contributed by atoms with van der Waals surface area (Å²) in [6.07, 6.45) is 4.45. The molecule has 2 rings (SSSR count). The number of hydrogen-bond donors (Lipinski definition) is 1. The summed E-state index contributed by atoms with van der Waals surface area (Å²) in [5, 5.41) is 1.41. The lowest BCUT2D eigenvalue weighted by atomic mass is 9.99. The zero-order valence-corrected chi connectivity index (χ0v) is 12.6. The van der Waals surface area contributed by atoms with Gasteiger partial charge in [0.25, 0.3) is 0 Å². The Kier molecular flexibility index (Phi) is 4.31. The number of aromatic nitrogens is 1. The van der Waals surface area contributed by atoms with E-state index in [4.69, 9.17) is 5.73 Å². The first-order chi connectivity index (χ1) is 9.04. The van der Waals surface area contributed by atoms with Gasteiger partial charge in [0.2, 0.25) is 0 Å². The molecule has 2 N–H and O–H groups in total. The molecule has 0 spiro atoms. The van der Waals surface area contributed by atoms with Crippen LogP contribution in [0.3, 0.4) is 0 Å². The summed E-state index contributed by atoms with van der Waals surface area (Å²) in [5.41, 5.74) is 9.87. The summed E-state index contributed by atoms with van der Waals surface area (Å²) in [6, 6.07) is 7.40. The van der Waals surface area contributed by atoms with Gasteiger partial charge in [-0.2, -0.15) is 0 Å². The van der Waals surface area contributed by atoms with E-state index in [1.165, 1.54) is 22.0 Å². The third-order valence-corrected chi connectivity index (χ3v) is 3.81. The zero-order chi connectivity index (χ0) is 14.0. The van der Waals surface area contributed by atoms with Gasteiger partial charge in [-0.3, -0.25) is 0 Å². The second-order valence-electron chi connectivity index (χ2n) is 5.98. The van der Waals surface area contributed by atoms with Crippen molar-refractivity contribution in [3.05, 3.63) is 35.5 Å². The highest BCUT2D eigenvalue weighted by Crippen LogP contribution is 2.28. The Morgan fingerprint density at radius 3 is 2.47 bits per heavy atom. The molecule has 0 radical (unpaired) electrons. The minimum absolute atomic E-state index is 0.499. The molecule has 0 unspecified atom stereocenters. The van der Waals surface area contributed by atoms with Crippen molar-refractivity contribution in [1.29, 1.82) is 0 Å². The maximum Gasteiger partial charge on any atom is 0.0485 e. The fourth-order valence-electron chi connectivity index (χ4n) is 2.62. The van der Waals surface area contributed by atoms with Crippen LogP contribution in [0.2, 0.25) is 0 Å². The third-order valence-electron chi connectivity index (χ3n) is 3.81. The Bertz CT molecular complexity index is 550. The van der Waals surface area contributed by atoms with E-state index in [0.717, 1.165) is 19.4 Å². The van der Waals surface area contributed by atoms with E-state index in [1.54, 1.807) is 0 Å². The second-order valence-corrected chi connectivity index (χ2v) is 5.98. The van der Waals surface area contributed by atoms with Gasteiger partial charge in [-0.1, -0.05) is 19.9 Å². The quantitative estimate of drug-likeness (QED) is 0.854. The topological polar surface area (TPSA) is 30.9 Å². The van der Waals surface area contributed by atoms with Gasteiger partial charge in [-0.15, -0.1) is 0 Å². The maximum absolute atomic E-state index is 5.66. The predicted molar refractivity (Wildman–Crippen MR) is 83.8 cm³/mol. The van der Waals surface area contributed by atoms with E-state index in [2.05, 4.69) is 56.7 Å². The molecule has 1 aromatic heterocycles. The number of benzene rings is 1. The molecule has 0 atom stereocenters. The molecule has 0 aliphatic heterocycles. The van der Waals surface area contributed by atoms with Crippen LogP contribution in [0.5, 0.6) is 0 Å². The van der Waals surface area contributed by atoms with Gasteiger partial charge >= 0.3 is 0 Å². The Morgan fingerprint density at radius 2 is 1.89 bits per heavy atom. The summed E-state index contributed by atoms with van der Waals surface area (Å²) in [5.74, 6) is 0.578. The molecule has 2 aromatic rings. The molecular formula is C17H26N2. The average Bonchev–Trinajstić information content (AvgIpc) is 2.74. The fraction of sp³-hybridized carbons (Fsp3) is 0.529. The lowest BCUT2D eigenvalue weighted by Crippen LogP contribution is -2.00.